The lowest BCUT2D eigenvalue weighted by molar-refractivity contribution is 0.0591. The van der Waals surface area contributed by atoms with Crippen molar-refractivity contribution in [3.63, 3.8) is 0 Å². The number of piperazine rings is 1. The third kappa shape index (κ3) is 10.3. The van der Waals surface area contributed by atoms with Crippen LogP contribution in [0, 0.1) is 23.3 Å². The van der Waals surface area contributed by atoms with Gasteiger partial charge in [-0.2, -0.15) is 0 Å². The van der Waals surface area contributed by atoms with Crippen LogP contribution >= 0.6 is 23.2 Å². The summed E-state index contributed by atoms with van der Waals surface area (Å²) in [6.07, 6.45) is 0. The Morgan fingerprint density at radius 2 is 1.24 bits per heavy atom. The molecule has 1 aliphatic heterocycles. The summed E-state index contributed by atoms with van der Waals surface area (Å²) in [6.45, 7) is 2.53. The zero-order valence-electron chi connectivity index (χ0n) is 27.8. The van der Waals surface area contributed by atoms with Crippen molar-refractivity contribution in [1.29, 1.82) is 0 Å². The SMILES string of the molecule is COC(=O)c1ccc(CN(C(=O)N2CCN(C)CC2)c2ccc(F)c(Cl)c2)c(F)c1.COC(=O)c1ccc(CNc2ccc(F)c(Cl)c2)c(F)c1. The summed E-state index contributed by atoms with van der Waals surface area (Å²) < 4.78 is 64.3. The number of ether oxygens (including phenoxy) is 2. The van der Waals surface area contributed by atoms with Gasteiger partial charge in [-0.15, -0.1) is 0 Å². The molecule has 0 bridgehead atoms. The molecule has 1 aliphatic rings. The summed E-state index contributed by atoms with van der Waals surface area (Å²) in [6, 6.07) is 15.7. The number of urea groups is 1. The molecule has 4 aromatic carbocycles. The number of carbonyl (C=O) groups is 3. The average Bonchev–Trinajstić information content (AvgIpc) is 3.12. The highest BCUT2D eigenvalue weighted by molar-refractivity contribution is 6.31. The first-order chi connectivity index (χ1) is 24.3. The normalized spacial score (nSPS) is 12.8. The van der Waals surface area contributed by atoms with Crippen LogP contribution in [0.15, 0.2) is 72.8 Å². The van der Waals surface area contributed by atoms with Crippen molar-refractivity contribution in [3.8, 4) is 0 Å². The van der Waals surface area contributed by atoms with Gasteiger partial charge in [-0.25, -0.2) is 31.9 Å². The van der Waals surface area contributed by atoms with Gasteiger partial charge in [-0.1, -0.05) is 35.3 Å². The predicted octanol–water partition coefficient (Wildman–Crippen LogP) is 7.80. The maximum absolute atomic E-state index is 14.7. The molecular weight excluding hydrogens is 715 g/mol. The van der Waals surface area contributed by atoms with E-state index >= 15 is 0 Å². The number of carbonyl (C=O) groups excluding carboxylic acids is 3. The monoisotopic (exact) mass is 748 g/mol. The molecule has 0 unspecified atom stereocenters. The fourth-order valence-corrected chi connectivity index (χ4v) is 5.28. The van der Waals surface area contributed by atoms with Crippen LogP contribution in [0.2, 0.25) is 10.0 Å². The van der Waals surface area contributed by atoms with Crippen molar-refractivity contribution < 1.29 is 41.4 Å². The van der Waals surface area contributed by atoms with Crippen molar-refractivity contribution in [3.05, 3.63) is 128 Å². The fourth-order valence-electron chi connectivity index (χ4n) is 4.92. The number of methoxy groups -OCH3 is 2. The molecule has 2 amide bonds. The van der Waals surface area contributed by atoms with Crippen molar-refractivity contribution in [2.24, 2.45) is 0 Å². The number of hydrogen-bond donors (Lipinski definition) is 1. The molecule has 0 aliphatic carbocycles. The molecule has 51 heavy (non-hydrogen) atoms. The molecule has 1 fully saturated rings. The molecule has 15 heteroatoms. The first kappa shape index (κ1) is 38.9. The highest BCUT2D eigenvalue weighted by Crippen LogP contribution is 2.27. The minimum Gasteiger partial charge on any atom is -0.465 e. The minimum atomic E-state index is -0.656. The number of likely N-dealkylation sites (N-methyl/N-ethyl adjacent to an activating group) is 1. The van der Waals surface area contributed by atoms with Crippen LogP contribution in [0.1, 0.15) is 31.8 Å². The molecule has 9 nitrogen and oxygen atoms in total. The summed E-state index contributed by atoms with van der Waals surface area (Å²) >= 11 is 11.6. The number of nitrogens with one attached hydrogen (secondary N) is 1. The van der Waals surface area contributed by atoms with E-state index in [1.807, 2.05) is 7.05 Å². The van der Waals surface area contributed by atoms with Gasteiger partial charge in [-0.05, 0) is 67.7 Å². The van der Waals surface area contributed by atoms with E-state index in [0.29, 0.717) is 43.1 Å². The fraction of sp³-hybridized carbons (Fsp3) is 0.250. The van der Waals surface area contributed by atoms with Gasteiger partial charge in [-0.3, -0.25) is 4.90 Å². The van der Waals surface area contributed by atoms with Crippen molar-refractivity contribution in [2.45, 2.75) is 13.1 Å². The van der Waals surface area contributed by atoms with E-state index in [2.05, 4.69) is 19.7 Å². The van der Waals surface area contributed by atoms with Crippen molar-refractivity contribution in [1.82, 2.24) is 9.80 Å². The zero-order chi connectivity index (χ0) is 37.2. The first-order valence-electron chi connectivity index (χ1n) is 15.4. The molecule has 5 rings (SSSR count). The maximum Gasteiger partial charge on any atom is 0.337 e. The Hall–Kier alpha value is -4.85. The summed E-state index contributed by atoms with van der Waals surface area (Å²) in [5.41, 5.74) is 1.69. The molecule has 0 atom stereocenters. The zero-order valence-corrected chi connectivity index (χ0v) is 29.3. The molecular formula is C36H34Cl2F4N4O5. The van der Waals surface area contributed by atoms with E-state index in [-0.39, 0.29) is 45.9 Å². The van der Waals surface area contributed by atoms with Gasteiger partial charge in [0.15, 0.2) is 0 Å². The van der Waals surface area contributed by atoms with Gasteiger partial charge in [0.1, 0.15) is 23.3 Å². The molecule has 0 saturated carbocycles. The van der Waals surface area contributed by atoms with E-state index < -0.39 is 35.2 Å². The number of nitrogens with zero attached hydrogens (tertiary/aromatic N) is 3. The highest BCUT2D eigenvalue weighted by Gasteiger charge is 2.27. The van der Waals surface area contributed by atoms with Gasteiger partial charge in [0.2, 0.25) is 0 Å². The third-order valence-electron chi connectivity index (χ3n) is 7.90. The van der Waals surface area contributed by atoms with Gasteiger partial charge in [0, 0.05) is 55.2 Å². The van der Waals surface area contributed by atoms with Crippen LogP contribution in [0.4, 0.5) is 33.7 Å². The molecule has 0 radical (unpaired) electrons. The van der Waals surface area contributed by atoms with Crippen molar-refractivity contribution in [2.75, 3.05) is 57.7 Å². The lowest BCUT2D eigenvalue weighted by atomic mass is 10.1. The van der Waals surface area contributed by atoms with Crippen molar-refractivity contribution >= 4 is 52.5 Å². The third-order valence-corrected chi connectivity index (χ3v) is 8.48. The van der Waals surface area contributed by atoms with E-state index in [0.717, 1.165) is 12.1 Å². The first-order valence-corrected chi connectivity index (χ1v) is 16.2. The summed E-state index contributed by atoms with van der Waals surface area (Å²) in [7, 11) is 4.41. The lowest BCUT2D eigenvalue weighted by Gasteiger charge is -2.36. The second-order valence-corrected chi connectivity index (χ2v) is 12.1. The largest absolute Gasteiger partial charge is 0.465 e. The average molecular weight is 750 g/mol. The molecule has 1 saturated heterocycles. The molecule has 270 valence electrons. The Balaban J connectivity index is 0.000000244. The quantitative estimate of drug-likeness (QED) is 0.145. The number of anilines is 2. The van der Waals surface area contributed by atoms with Crippen LogP contribution in [0.25, 0.3) is 0 Å². The van der Waals surface area contributed by atoms with Gasteiger partial charge in [0.05, 0.1) is 41.9 Å². The summed E-state index contributed by atoms with van der Waals surface area (Å²) in [5.74, 6) is -3.56. The Kier molecular flexibility index (Phi) is 13.7. The number of hydrogen-bond acceptors (Lipinski definition) is 7. The smallest absolute Gasteiger partial charge is 0.337 e. The van der Waals surface area contributed by atoms with E-state index in [1.165, 1.54) is 79.8 Å². The number of esters is 2. The van der Waals surface area contributed by atoms with Gasteiger partial charge >= 0.3 is 18.0 Å². The molecule has 1 heterocycles. The molecule has 0 spiro atoms. The maximum atomic E-state index is 14.7. The standard InChI is InChI=1S/C21H22ClF2N3O3.C15H12ClF2NO2/c1-25-7-9-26(10-8-25)21(29)27(16-5-6-18(23)17(22)12-16)13-15-4-3-14(11-19(15)24)20(28)30-2;1-21-15(20)9-2-3-10(14(18)6-9)8-19-11-4-5-13(17)12(16)7-11/h3-6,11-12H,7-10,13H2,1-2H3;2-7,19H,8H2,1H3. The van der Waals surface area contributed by atoms with Crippen LogP contribution in [-0.4, -0.2) is 75.2 Å². The molecule has 0 aromatic heterocycles. The van der Waals surface area contributed by atoms with Crippen LogP contribution in [0.5, 0.6) is 0 Å². The Labute approximate surface area is 302 Å². The van der Waals surface area contributed by atoms with Gasteiger partial charge < -0.3 is 24.6 Å². The predicted molar refractivity (Wildman–Crippen MR) is 186 cm³/mol. The van der Waals surface area contributed by atoms with Gasteiger partial charge in [0.25, 0.3) is 0 Å². The second kappa shape index (κ2) is 17.9. The summed E-state index contributed by atoms with van der Waals surface area (Å²) in [5, 5.41) is 2.78. The molecule has 1 N–H and O–H groups in total. The second-order valence-electron chi connectivity index (χ2n) is 11.3. The minimum absolute atomic E-state index is 0.0125. The number of benzene rings is 4. The van der Waals surface area contributed by atoms with Crippen LogP contribution < -0.4 is 10.2 Å². The highest BCUT2D eigenvalue weighted by atomic mass is 35.5. The van der Waals surface area contributed by atoms with Crippen LogP contribution in [-0.2, 0) is 22.6 Å². The lowest BCUT2D eigenvalue weighted by Crippen LogP contribution is -2.52. The Morgan fingerprint density at radius 3 is 1.75 bits per heavy atom. The van der Waals surface area contributed by atoms with E-state index in [1.54, 1.807) is 4.90 Å². The molecule has 4 aromatic rings. The number of halogens is 6. The topological polar surface area (TPSA) is 91.4 Å². The van der Waals surface area contributed by atoms with E-state index in [9.17, 15) is 31.9 Å². The Bertz CT molecular complexity index is 1890. The van der Waals surface area contributed by atoms with Crippen LogP contribution in [0.3, 0.4) is 0 Å². The number of rotatable bonds is 8. The van der Waals surface area contributed by atoms with E-state index in [4.69, 9.17) is 23.2 Å². The number of amides is 2. The summed E-state index contributed by atoms with van der Waals surface area (Å²) in [4.78, 5) is 41.3. The Morgan fingerprint density at radius 1 is 0.706 bits per heavy atom.